The summed E-state index contributed by atoms with van der Waals surface area (Å²) in [6.07, 6.45) is 0.631. The van der Waals surface area contributed by atoms with E-state index in [0.717, 1.165) is 10.9 Å². The molecule has 4 N–H and O–H groups in total. The Morgan fingerprint density at radius 3 is 2.88 bits per heavy atom. The molecule has 1 atom stereocenters. The maximum atomic E-state index is 9.70. The standard InChI is InChI=1S/C12H14N2O3/c15-7-8(16)5-13-6-10-9-3-1-2-4-11(9)14-12(10)17/h1-4,6,8,14-17H,5,7H2/t8-/m1/s1. The smallest absolute Gasteiger partial charge is 0.198 e. The maximum Gasteiger partial charge on any atom is 0.198 e. The third-order valence-electron chi connectivity index (χ3n) is 2.47. The predicted molar refractivity (Wildman–Crippen MR) is 65.5 cm³/mol. The monoisotopic (exact) mass is 234 g/mol. The van der Waals surface area contributed by atoms with Gasteiger partial charge in [0, 0.05) is 17.1 Å². The van der Waals surface area contributed by atoms with Crippen LogP contribution in [-0.4, -0.2) is 45.8 Å². The summed E-state index contributed by atoms with van der Waals surface area (Å²) in [6.45, 7) is -0.216. The number of nitrogens with one attached hydrogen (secondary N) is 1. The van der Waals surface area contributed by atoms with Crippen molar-refractivity contribution in [3.8, 4) is 5.88 Å². The lowest BCUT2D eigenvalue weighted by molar-refractivity contribution is 0.102. The Kier molecular flexibility index (Phi) is 3.41. The van der Waals surface area contributed by atoms with Crippen LogP contribution in [0.25, 0.3) is 10.9 Å². The zero-order valence-electron chi connectivity index (χ0n) is 9.17. The molecule has 2 rings (SSSR count). The SMILES string of the molecule is OC[C@H](O)CN=Cc1c(O)[nH]c2ccccc12. The van der Waals surface area contributed by atoms with E-state index in [-0.39, 0.29) is 19.0 Å². The van der Waals surface area contributed by atoms with E-state index in [1.165, 1.54) is 6.21 Å². The second kappa shape index (κ2) is 4.99. The van der Waals surface area contributed by atoms with Gasteiger partial charge in [-0.05, 0) is 6.07 Å². The number of benzene rings is 1. The quantitative estimate of drug-likeness (QED) is 0.585. The van der Waals surface area contributed by atoms with Crippen molar-refractivity contribution in [3.05, 3.63) is 29.8 Å². The number of nitrogens with zero attached hydrogens (tertiary/aromatic N) is 1. The van der Waals surface area contributed by atoms with E-state index in [1.54, 1.807) is 0 Å². The van der Waals surface area contributed by atoms with Crippen molar-refractivity contribution in [3.63, 3.8) is 0 Å². The first-order chi connectivity index (χ1) is 8.22. The van der Waals surface area contributed by atoms with Crippen molar-refractivity contribution in [2.75, 3.05) is 13.2 Å². The fourth-order valence-corrected chi connectivity index (χ4v) is 1.60. The Morgan fingerprint density at radius 2 is 2.12 bits per heavy atom. The third kappa shape index (κ3) is 2.46. The Morgan fingerprint density at radius 1 is 1.35 bits per heavy atom. The first-order valence-corrected chi connectivity index (χ1v) is 5.30. The largest absolute Gasteiger partial charge is 0.494 e. The van der Waals surface area contributed by atoms with Crippen LogP contribution in [0, 0.1) is 0 Å². The molecular weight excluding hydrogens is 220 g/mol. The molecule has 0 bridgehead atoms. The first kappa shape index (κ1) is 11.6. The Bertz CT molecular complexity index is 534. The van der Waals surface area contributed by atoms with Gasteiger partial charge in [0.1, 0.15) is 0 Å². The molecule has 0 fully saturated rings. The molecule has 5 heteroatoms. The zero-order chi connectivity index (χ0) is 12.3. The van der Waals surface area contributed by atoms with E-state index >= 15 is 0 Å². The summed E-state index contributed by atoms with van der Waals surface area (Å²) in [4.78, 5) is 6.81. The fourth-order valence-electron chi connectivity index (χ4n) is 1.60. The molecule has 0 spiro atoms. The molecule has 0 saturated heterocycles. The average Bonchev–Trinajstić information content (AvgIpc) is 2.66. The van der Waals surface area contributed by atoms with Crippen LogP contribution in [0.15, 0.2) is 29.3 Å². The van der Waals surface area contributed by atoms with Gasteiger partial charge in [-0.1, -0.05) is 18.2 Å². The zero-order valence-corrected chi connectivity index (χ0v) is 9.17. The summed E-state index contributed by atoms with van der Waals surface area (Å²) < 4.78 is 0. The van der Waals surface area contributed by atoms with Gasteiger partial charge in [-0.25, -0.2) is 0 Å². The summed E-state index contributed by atoms with van der Waals surface area (Å²) in [5.74, 6) is 0.0495. The topological polar surface area (TPSA) is 88.8 Å². The Balaban J connectivity index is 2.26. The van der Waals surface area contributed by atoms with Crippen LogP contribution < -0.4 is 0 Å². The minimum absolute atomic E-state index is 0.0495. The number of hydrogen-bond donors (Lipinski definition) is 4. The number of H-pyrrole nitrogens is 1. The van der Waals surface area contributed by atoms with E-state index in [0.29, 0.717) is 5.56 Å². The Hall–Kier alpha value is -1.85. The number of rotatable bonds is 4. The van der Waals surface area contributed by atoms with E-state index < -0.39 is 6.10 Å². The van der Waals surface area contributed by atoms with Gasteiger partial charge in [-0.15, -0.1) is 0 Å². The molecule has 0 saturated carbocycles. The number of aromatic amines is 1. The fraction of sp³-hybridized carbons (Fsp3) is 0.250. The van der Waals surface area contributed by atoms with Gasteiger partial charge in [0.15, 0.2) is 5.88 Å². The first-order valence-electron chi connectivity index (χ1n) is 5.30. The third-order valence-corrected chi connectivity index (χ3v) is 2.47. The van der Waals surface area contributed by atoms with Crippen molar-refractivity contribution >= 4 is 17.1 Å². The van der Waals surface area contributed by atoms with Crippen molar-refractivity contribution in [2.45, 2.75) is 6.10 Å². The van der Waals surface area contributed by atoms with Crippen LogP contribution in [0.3, 0.4) is 0 Å². The van der Waals surface area contributed by atoms with Gasteiger partial charge in [0.05, 0.1) is 24.8 Å². The van der Waals surface area contributed by atoms with E-state index in [1.807, 2.05) is 24.3 Å². The molecule has 2 aromatic rings. The van der Waals surface area contributed by atoms with E-state index in [4.69, 9.17) is 10.2 Å². The summed E-state index contributed by atoms with van der Waals surface area (Å²) >= 11 is 0. The lowest BCUT2D eigenvalue weighted by atomic mass is 10.2. The highest BCUT2D eigenvalue weighted by Crippen LogP contribution is 2.24. The Labute approximate surface area is 98.1 Å². The van der Waals surface area contributed by atoms with Crippen LogP contribution >= 0.6 is 0 Å². The average molecular weight is 234 g/mol. The molecule has 0 radical (unpaired) electrons. The summed E-state index contributed by atoms with van der Waals surface area (Å²) in [5, 5.41) is 28.3. The number of aromatic nitrogens is 1. The second-order valence-corrected chi connectivity index (χ2v) is 3.76. The van der Waals surface area contributed by atoms with E-state index in [2.05, 4.69) is 9.98 Å². The van der Waals surface area contributed by atoms with Crippen LogP contribution in [0.2, 0.25) is 0 Å². The molecule has 0 aliphatic carbocycles. The van der Waals surface area contributed by atoms with Crippen LogP contribution in [-0.2, 0) is 0 Å². The van der Waals surface area contributed by atoms with Crippen LogP contribution in [0.5, 0.6) is 5.88 Å². The second-order valence-electron chi connectivity index (χ2n) is 3.76. The minimum atomic E-state index is -0.862. The molecule has 1 aromatic carbocycles. The number of aliphatic hydroxyl groups is 2. The molecule has 1 heterocycles. The van der Waals surface area contributed by atoms with Gasteiger partial charge in [-0.3, -0.25) is 4.99 Å². The number of aromatic hydroxyl groups is 1. The van der Waals surface area contributed by atoms with Crippen LogP contribution in [0.4, 0.5) is 0 Å². The maximum absolute atomic E-state index is 9.70. The molecular formula is C12H14N2O3. The number of fused-ring (bicyclic) bond motifs is 1. The molecule has 17 heavy (non-hydrogen) atoms. The number of aliphatic imine (C=N–C) groups is 1. The summed E-state index contributed by atoms with van der Waals surface area (Å²) in [6, 6.07) is 7.47. The van der Waals surface area contributed by atoms with Gasteiger partial charge in [0.2, 0.25) is 0 Å². The molecule has 1 aromatic heterocycles. The van der Waals surface area contributed by atoms with Crippen molar-refractivity contribution in [1.29, 1.82) is 0 Å². The number of para-hydroxylation sites is 1. The number of hydrogen-bond acceptors (Lipinski definition) is 4. The lowest BCUT2D eigenvalue weighted by Crippen LogP contribution is -2.15. The van der Waals surface area contributed by atoms with Crippen LogP contribution in [0.1, 0.15) is 5.56 Å². The highest BCUT2D eigenvalue weighted by atomic mass is 16.3. The highest BCUT2D eigenvalue weighted by Gasteiger charge is 2.07. The van der Waals surface area contributed by atoms with Gasteiger partial charge in [-0.2, -0.15) is 0 Å². The van der Waals surface area contributed by atoms with Crippen molar-refractivity contribution in [1.82, 2.24) is 4.98 Å². The van der Waals surface area contributed by atoms with Gasteiger partial charge < -0.3 is 20.3 Å². The molecule has 0 aliphatic rings. The van der Waals surface area contributed by atoms with Crippen molar-refractivity contribution in [2.24, 2.45) is 4.99 Å². The van der Waals surface area contributed by atoms with E-state index in [9.17, 15) is 5.11 Å². The van der Waals surface area contributed by atoms with Crippen molar-refractivity contribution < 1.29 is 15.3 Å². The molecule has 0 unspecified atom stereocenters. The number of aliphatic hydroxyl groups excluding tert-OH is 2. The molecule has 0 amide bonds. The lowest BCUT2D eigenvalue weighted by Gasteiger charge is -2.00. The summed E-state index contributed by atoms with van der Waals surface area (Å²) in [5.41, 5.74) is 1.42. The molecule has 5 nitrogen and oxygen atoms in total. The molecule has 90 valence electrons. The summed E-state index contributed by atoms with van der Waals surface area (Å²) in [7, 11) is 0. The minimum Gasteiger partial charge on any atom is -0.494 e. The van der Waals surface area contributed by atoms with Gasteiger partial charge >= 0.3 is 0 Å². The van der Waals surface area contributed by atoms with Gasteiger partial charge in [0.25, 0.3) is 0 Å². The normalized spacial score (nSPS) is 13.5. The molecule has 0 aliphatic heterocycles. The predicted octanol–water partition coefficient (Wildman–Crippen LogP) is 0.646. The highest BCUT2D eigenvalue weighted by molar-refractivity contribution is 6.01.